The van der Waals surface area contributed by atoms with Gasteiger partial charge in [0.05, 0.1) is 11.1 Å². The van der Waals surface area contributed by atoms with Gasteiger partial charge in [0.25, 0.3) is 5.56 Å². The summed E-state index contributed by atoms with van der Waals surface area (Å²) < 4.78 is 68.4. The molecule has 0 aromatic carbocycles. The molecule has 0 radical (unpaired) electrons. The van der Waals surface area contributed by atoms with E-state index in [1.165, 1.54) is 6.20 Å². The zero-order chi connectivity index (χ0) is 23.5. The maximum Gasteiger partial charge on any atom is 0.403 e. The van der Waals surface area contributed by atoms with Crippen LogP contribution in [0.25, 0.3) is 0 Å². The minimum atomic E-state index is -4.95. The van der Waals surface area contributed by atoms with Crippen LogP contribution >= 0.6 is 22.9 Å². The van der Waals surface area contributed by atoms with Gasteiger partial charge in [0.2, 0.25) is 5.91 Å². The summed E-state index contributed by atoms with van der Waals surface area (Å²) in [5.41, 5.74) is -0.905. The fourth-order valence-corrected chi connectivity index (χ4v) is 5.33. The molecular formula is C18H19ClF3N3O5S2. The second-order valence-corrected chi connectivity index (χ2v) is 10.9. The summed E-state index contributed by atoms with van der Waals surface area (Å²) in [5.74, 6) is -2.60. The van der Waals surface area contributed by atoms with Crippen molar-refractivity contribution in [2.75, 3.05) is 24.3 Å². The van der Waals surface area contributed by atoms with Gasteiger partial charge in [-0.25, -0.2) is 13.4 Å². The molecule has 1 aliphatic heterocycles. The van der Waals surface area contributed by atoms with E-state index in [-0.39, 0.29) is 17.5 Å². The summed E-state index contributed by atoms with van der Waals surface area (Å²) in [6, 6.07) is 0.464. The number of aromatic nitrogens is 2. The van der Waals surface area contributed by atoms with Crippen LogP contribution in [0, 0.1) is 5.92 Å². The molecule has 3 rings (SSSR count). The van der Waals surface area contributed by atoms with Crippen LogP contribution in [0.5, 0.6) is 0 Å². The van der Waals surface area contributed by atoms with Gasteiger partial charge in [-0.1, -0.05) is 22.9 Å². The van der Waals surface area contributed by atoms with Crippen LogP contribution in [0.4, 0.5) is 18.3 Å². The van der Waals surface area contributed by atoms with Gasteiger partial charge in [-0.05, 0) is 31.2 Å². The monoisotopic (exact) mass is 513 g/mol. The zero-order valence-corrected chi connectivity index (χ0v) is 18.9. The second kappa shape index (κ2) is 9.89. The standard InChI is InChI=1S/C18H19ClF3N3O5S2/c19-14-9-23-17(31-14)24-16(27)13(7-11-2-5-30-6-3-11)25-4-1-12(8-15(25)26)32(28,29)10-18(20,21)22/h1,4,8-9,11,13H,2-3,5-7,10H2,(H,23,24,27). The number of carbonyl (C=O) groups is 1. The highest BCUT2D eigenvalue weighted by molar-refractivity contribution is 7.91. The summed E-state index contributed by atoms with van der Waals surface area (Å²) in [6.45, 7) is 1.01. The highest BCUT2D eigenvalue weighted by atomic mass is 35.5. The molecule has 176 valence electrons. The summed E-state index contributed by atoms with van der Waals surface area (Å²) >= 11 is 6.84. The van der Waals surface area contributed by atoms with Crippen molar-refractivity contribution in [1.29, 1.82) is 0 Å². The van der Waals surface area contributed by atoms with Crippen molar-refractivity contribution in [2.24, 2.45) is 5.92 Å². The minimum Gasteiger partial charge on any atom is -0.381 e. The molecule has 0 aliphatic carbocycles. The normalized spacial score (nSPS) is 16.6. The fraction of sp³-hybridized carbons (Fsp3) is 0.500. The van der Waals surface area contributed by atoms with E-state index in [9.17, 15) is 31.2 Å². The Morgan fingerprint density at radius 1 is 1.38 bits per heavy atom. The Balaban J connectivity index is 1.90. The highest BCUT2D eigenvalue weighted by Gasteiger charge is 2.36. The Bertz CT molecular complexity index is 1130. The molecule has 32 heavy (non-hydrogen) atoms. The number of anilines is 1. The van der Waals surface area contributed by atoms with Gasteiger partial charge in [0.15, 0.2) is 20.7 Å². The van der Waals surface area contributed by atoms with Gasteiger partial charge in [0.1, 0.15) is 10.4 Å². The van der Waals surface area contributed by atoms with Crippen molar-refractivity contribution in [3.63, 3.8) is 0 Å². The van der Waals surface area contributed by atoms with E-state index in [0.717, 1.165) is 28.2 Å². The smallest absolute Gasteiger partial charge is 0.381 e. The topological polar surface area (TPSA) is 107 Å². The number of nitrogens with one attached hydrogen (secondary N) is 1. The number of ether oxygens (including phenoxy) is 1. The first-order chi connectivity index (χ1) is 14.9. The first-order valence-electron chi connectivity index (χ1n) is 9.46. The van der Waals surface area contributed by atoms with Gasteiger partial charge in [-0.3, -0.25) is 9.59 Å². The van der Waals surface area contributed by atoms with Crippen molar-refractivity contribution < 1.29 is 31.1 Å². The number of rotatable bonds is 7. The lowest BCUT2D eigenvalue weighted by Gasteiger charge is -2.27. The third-order valence-electron chi connectivity index (χ3n) is 4.88. The molecule has 1 unspecified atom stereocenters. The van der Waals surface area contributed by atoms with Crippen molar-refractivity contribution in [3.05, 3.63) is 39.2 Å². The molecule has 8 nitrogen and oxygen atoms in total. The molecule has 0 saturated carbocycles. The molecule has 1 N–H and O–H groups in total. The minimum absolute atomic E-state index is 0.0555. The summed E-state index contributed by atoms with van der Waals surface area (Å²) in [7, 11) is -4.75. The Morgan fingerprint density at radius 2 is 2.06 bits per heavy atom. The molecule has 0 bridgehead atoms. The Kier molecular flexibility index (Phi) is 7.63. The molecule has 2 aromatic heterocycles. The van der Waals surface area contributed by atoms with Gasteiger partial charge >= 0.3 is 6.18 Å². The number of hydrogen-bond acceptors (Lipinski definition) is 7. The van der Waals surface area contributed by atoms with E-state index in [4.69, 9.17) is 16.3 Å². The average Bonchev–Trinajstić information content (AvgIpc) is 3.10. The van der Waals surface area contributed by atoms with Gasteiger partial charge in [-0.15, -0.1) is 0 Å². The van der Waals surface area contributed by atoms with E-state index in [1.54, 1.807) is 0 Å². The molecule has 1 atom stereocenters. The highest BCUT2D eigenvalue weighted by Crippen LogP contribution is 2.29. The van der Waals surface area contributed by atoms with Crippen molar-refractivity contribution >= 4 is 43.8 Å². The van der Waals surface area contributed by atoms with Crippen LogP contribution in [-0.2, 0) is 19.4 Å². The second-order valence-electron chi connectivity index (χ2n) is 7.25. The number of thiazole rings is 1. The zero-order valence-electron chi connectivity index (χ0n) is 16.5. The van der Waals surface area contributed by atoms with Crippen molar-refractivity contribution in [2.45, 2.75) is 36.4 Å². The maximum absolute atomic E-state index is 13.0. The third kappa shape index (κ3) is 6.53. The Labute approximate surface area is 190 Å². The van der Waals surface area contributed by atoms with E-state index in [0.29, 0.717) is 36.5 Å². The first-order valence-corrected chi connectivity index (χ1v) is 12.3. The van der Waals surface area contributed by atoms with E-state index >= 15 is 0 Å². The van der Waals surface area contributed by atoms with Crippen LogP contribution in [0.3, 0.4) is 0 Å². The number of pyridine rings is 1. The fourth-order valence-electron chi connectivity index (χ4n) is 3.37. The van der Waals surface area contributed by atoms with Gasteiger partial charge in [0, 0.05) is 25.5 Å². The number of alkyl halides is 3. The molecular weight excluding hydrogens is 495 g/mol. The number of hydrogen-bond donors (Lipinski definition) is 1. The van der Waals surface area contributed by atoms with Crippen LogP contribution in [-0.4, -0.2) is 49.0 Å². The molecule has 14 heteroatoms. The molecule has 1 fully saturated rings. The molecule has 0 spiro atoms. The van der Waals surface area contributed by atoms with Crippen LogP contribution in [0.1, 0.15) is 25.3 Å². The van der Waals surface area contributed by atoms with Crippen LogP contribution < -0.4 is 10.9 Å². The molecule has 1 aliphatic rings. The largest absolute Gasteiger partial charge is 0.403 e. The van der Waals surface area contributed by atoms with Crippen LogP contribution in [0.15, 0.2) is 34.2 Å². The molecule has 2 aromatic rings. The molecule has 1 amide bonds. The summed E-state index contributed by atoms with van der Waals surface area (Å²) in [5, 5.41) is 2.80. The number of sulfone groups is 1. The average molecular weight is 514 g/mol. The van der Waals surface area contributed by atoms with Crippen molar-refractivity contribution in [3.8, 4) is 0 Å². The molecule has 1 saturated heterocycles. The summed E-state index contributed by atoms with van der Waals surface area (Å²) in [4.78, 5) is 28.8. The van der Waals surface area contributed by atoms with Gasteiger partial charge in [-0.2, -0.15) is 13.2 Å². The number of carbonyl (C=O) groups excluding carboxylic acids is 1. The first kappa shape index (κ1) is 24.7. The van der Waals surface area contributed by atoms with Crippen molar-refractivity contribution in [1.82, 2.24) is 9.55 Å². The lowest BCUT2D eigenvalue weighted by Crippen LogP contribution is -2.35. The molecule has 3 heterocycles. The number of amides is 1. The van der Waals surface area contributed by atoms with E-state index in [2.05, 4.69) is 10.3 Å². The lowest BCUT2D eigenvalue weighted by molar-refractivity contribution is -0.120. The summed E-state index contributed by atoms with van der Waals surface area (Å²) in [6.07, 6.45) is -0.984. The quantitative estimate of drug-likeness (QED) is 0.609. The van der Waals surface area contributed by atoms with E-state index < -0.39 is 44.2 Å². The predicted octanol–water partition coefficient (Wildman–Crippen LogP) is 3.29. The predicted molar refractivity (Wildman–Crippen MR) is 112 cm³/mol. The number of halogens is 4. The van der Waals surface area contributed by atoms with E-state index in [1.807, 2.05) is 0 Å². The van der Waals surface area contributed by atoms with Crippen LogP contribution in [0.2, 0.25) is 4.34 Å². The Hall–Kier alpha value is -1.96. The maximum atomic E-state index is 13.0. The van der Waals surface area contributed by atoms with Gasteiger partial charge < -0.3 is 14.6 Å². The Morgan fingerprint density at radius 3 is 2.62 bits per heavy atom. The SMILES string of the molecule is O=C(Nc1ncc(Cl)s1)C(CC1CCOCC1)n1ccc(S(=O)(=O)CC(F)(F)F)cc1=O. The number of nitrogens with zero attached hydrogens (tertiary/aromatic N) is 2. The lowest BCUT2D eigenvalue weighted by atomic mass is 9.92. The third-order valence-corrected chi connectivity index (χ3v) is 7.59.